The number of urea groups is 1. The van der Waals surface area contributed by atoms with Crippen molar-refractivity contribution >= 4 is 30.2 Å². The summed E-state index contributed by atoms with van der Waals surface area (Å²) in [5, 5.41) is 2.71. The Bertz CT molecular complexity index is 1360. The van der Waals surface area contributed by atoms with Gasteiger partial charge in [-0.2, -0.15) is 4.98 Å². The highest BCUT2D eigenvalue weighted by Crippen LogP contribution is 2.34. The Morgan fingerprint density at radius 3 is 2.30 bits per heavy atom. The second kappa shape index (κ2) is 14.3. The molecule has 1 aromatic heterocycles. The molecule has 0 radical (unpaired) electrons. The Kier molecular flexibility index (Phi) is 10.9. The number of anilines is 1. The molecule has 12 nitrogen and oxygen atoms in total. The summed E-state index contributed by atoms with van der Waals surface area (Å²) >= 11 is 0. The number of halogens is 1. The van der Waals surface area contributed by atoms with Crippen LogP contribution in [0.25, 0.3) is 5.69 Å². The number of nitrogens with zero attached hydrogens (tertiary/aromatic N) is 5. The zero-order valence-corrected chi connectivity index (χ0v) is 26.9. The summed E-state index contributed by atoms with van der Waals surface area (Å²) in [6.07, 6.45) is 8.59. The zero-order valence-electron chi connectivity index (χ0n) is 26.0. The molecule has 44 heavy (non-hydrogen) atoms. The summed E-state index contributed by atoms with van der Waals surface area (Å²) in [6.45, 7) is 6.76. The number of rotatable bonds is 9. The third kappa shape index (κ3) is 8.29. The van der Waals surface area contributed by atoms with Crippen LogP contribution in [0.2, 0.25) is 0 Å². The smallest absolute Gasteiger partial charge is 0.354 e. The van der Waals surface area contributed by atoms with Crippen molar-refractivity contribution in [2.75, 3.05) is 45.2 Å². The van der Waals surface area contributed by atoms with E-state index in [0.717, 1.165) is 56.0 Å². The molecular formula is C31H47ClN8O4. The summed E-state index contributed by atoms with van der Waals surface area (Å²) in [5.41, 5.74) is 12.4. The lowest BCUT2D eigenvalue weighted by Crippen LogP contribution is -2.58. The Labute approximate surface area is 265 Å². The first kappa shape index (κ1) is 33.7. The minimum Gasteiger partial charge on any atom is -0.496 e. The first-order chi connectivity index (χ1) is 20.5. The van der Waals surface area contributed by atoms with Crippen molar-refractivity contribution in [2.45, 2.75) is 76.5 Å². The molecule has 0 unspecified atom stereocenters. The molecule has 0 bridgehead atoms. The monoisotopic (exact) mass is 630 g/mol. The molecule has 0 atom stereocenters. The van der Waals surface area contributed by atoms with Crippen LogP contribution >= 0.6 is 12.4 Å². The van der Waals surface area contributed by atoms with Crippen molar-refractivity contribution in [2.24, 2.45) is 17.4 Å². The van der Waals surface area contributed by atoms with Crippen molar-refractivity contribution in [1.82, 2.24) is 24.3 Å². The molecular weight excluding hydrogens is 584 g/mol. The molecule has 5 rings (SSSR count). The van der Waals surface area contributed by atoms with Crippen molar-refractivity contribution < 1.29 is 14.3 Å². The van der Waals surface area contributed by atoms with Gasteiger partial charge in [0.2, 0.25) is 5.91 Å². The Hall–Kier alpha value is -3.19. The second-order valence-electron chi connectivity index (χ2n) is 12.8. The van der Waals surface area contributed by atoms with E-state index < -0.39 is 11.2 Å². The zero-order chi connectivity index (χ0) is 30.7. The van der Waals surface area contributed by atoms with Crippen molar-refractivity contribution in [3.63, 3.8) is 0 Å². The standard InChI is InChI=1S/C31H46N8O4.ClH/c1-31(2,33)28(40)36-14-16-37(17-15-36)29(41)34-27-12-13-39(30(42)35-27)25-9-6-22(26(18-25)43-3)20-38(19-21-4-5-21)24-10-7-23(32)8-11-24;/h6,9,12-13,18,21,23-24H,4-5,7-8,10-11,14-17,19-20,32-33H2,1-3H3,(H,34,35,41,42);1H/t23-,24-;. The number of piperazine rings is 1. The Balaban J connectivity index is 0.00000442. The van der Waals surface area contributed by atoms with Gasteiger partial charge in [0.25, 0.3) is 0 Å². The lowest BCUT2D eigenvalue weighted by molar-refractivity contribution is -0.137. The lowest BCUT2D eigenvalue weighted by atomic mass is 9.90. The highest BCUT2D eigenvalue weighted by molar-refractivity contribution is 5.89. The molecule has 13 heteroatoms. The average molecular weight is 631 g/mol. The van der Waals surface area contributed by atoms with Crippen LogP contribution in [0, 0.1) is 5.92 Å². The predicted molar refractivity (Wildman–Crippen MR) is 172 cm³/mol. The van der Waals surface area contributed by atoms with Gasteiger partial charge in [0.15, 0.2) is 0 Å². The molecule has 1 aliphatic heterocycles. The van der Waals surface area contributed by atoms with Gasteiger partial charge in [-0.3, -0.25) is 19.6 Å². The molecule has 3 fully saturated rings. The molecule has 3 amide bonds. The normalized spacial score (nSPS) is 20.7. The average Bonchev–Trinajstić information content (AvgIpc) is 3.81. The van der Waals surface area contributed by atoms with Crippen LogP contribution in [-0.2, 0) is 11.3 Å². The van der Waals surface area contributed by atoms with Crippen LogP contribution in [0.1, 0.15) is 57.9 Å². The van der Waals surface area contributed by atoms with Gasteiger partial charge in [-0.1, -0.05) is 6.07 Å². The van der Waals surface area contributed by atoms with Gasteiger partial charge in [0, 0.05) is 69.2 Å². The van der Waals surface area contributed by atoms with Crippen molar-refractivity contribution in [3.8, 4) is 11.4 Å². The number of benzene rings is 1. The number of carbonyl (C=O) groups excluding carboxylic acids is 2. The van der Waals surface area contributed by atoms with Gasteiger partial charge < -0.3 is 26.0 Å². The number of methoxy groups -OCH3 is 1. The summed E-state index contributed by atoms with van der Waals surface area (Å²) < 4.78 is 7.22. The molecule has 0 spiro atoms. The van der Waals surface area contributed by atoms with Gasteiger partial charge in [0.05, 0.1) is 18.3 Å². The van der Waals surface area contributed by atoms with Crippen molar-refractivity contribution in [1.29, 1.82) is 0 Å². The van der Waals surface area contributed by atoms with Gasteiger partial charge in [-0.25, -0.2) is 9.59 Å². The summed E-state index contributed by atoms with van der Waals surface area (Å²) in [7, 11) is 1.65. The van der Waals surface area contributed by atoms with Gasteiger partial charge in [-0.05, 0) is 70.4 Å². The van der Waals surface area contributed by atoms with Crippen LogP contribution in [0.4, 0.5) is 10.6 Å². The highest BCUT2D eigenvalue weighted by atomic mass is 35.5. The fourth-order valence-electron chi connectivity index (χ4n) is 6.05. The third-order valence-corrected chi connectivity index (χ3v) is 8.81. The molecule has 2 heterocycles. The Morgan fingerprint density at radius 1 is 1.05 bits per heavy atom. The van der Waals surface area contributed by atoms with Gasteiger partial charge >= 0.3 is 11.7 Å². The molecule has 1 aromatic carbocycles. The molecule has 2 aromatic rings. The molecule has 2 aliphatic carbocycles. The topological polar surface area (TPSA) is 152 Å². The van der Waals surface area contributed by atoms with Gasteiger partial charge in [-0.15, -0.1) is 12.4 Å². The summed E-state index contributed by atoms with van der Waals surface area (Å²) in [4.78, 5) is 48.2. The molecule has 1 saturated heterocycles. The van der Waals surface area contributed by atoms with E-state index in [-0.39, 0.29) is 30.2 Å². The lowest BCUT2D eigenvalue weighted by Gasteiger charge is -2.37. The number of amides is 3. The minimum atomic E-state index is -0.955. The van der Waals surface area contributed by atoms with E-state index >= 15 is 0 Å². The first-order valence-electron chi connectivity index (χ1n) is 15.4. The quantitative estimate of drug-likeness (QED) is 0.382. The maximum absolute atomic E-state index is 13.0. The number of nitrogens with one attached hydrogen (secondary N) is 1. The minimum absolute atomic E-state index is 0. The maximum atomic E-state index is 13.0. The fraction of sp³-hybridized carbons (Fsp3) is 0.613. The number of hydrogen-bond acceptors (Lipinski definition) is 8. The van der Waals surface area contributed by atoms with E-state index in [9.17, 15) is 14.4 Å². The predicted octanol–water partition coefficient (Wildman–Crippen LogP) is 2.56. The van der Waals surface area contributed by atoms with Crippen LogP contribution < -0.4 is 27.2 Å². The van der Waals surface area contributed by atoms with Gasteiger partial charge in [0.1, 0.15) is 11.6 Å². The van der Waals surface area contributed by atoms with Crippen LogP contribution in [0.15, 0.2) is 35.3 Å². The van der Waals surface area contributed by atoms with Crippen LogP contribution in [-0.4, -0.2) is 93.6 Å². The number of carbonyl (C=O) groups is 2. The molecule has 2 saturated carbocycles. The Morgan fingerprint density at radius 2 is 1.70 bits per heavy atom. The highest BCUT2D eigenvalue weighted by Gasteiger charge is 2.32. The first-order valence-corrected chi connectivity index (χ1v) is 15.4. The van der Waals surface area contributed by atoms with E-state index in [4.69, 9.17) is 16.2 Å². The van der Waals surface area contributed by atoms with E-state index in [0.29, 0.717) is 44.0 Å². The van der Waals surface area contributed by atoms with Crippen LogP contribution in [0.5, 0.6) is 5.75 Å². The van der Waals surface area contributed by atoms with Crippen LogP contribution in [0.3, 0.4) is 0 Å². The molecule has 3 aliphatic rings. The third-order valence-electron chi connectivity index (χ3n) is 8.81. The van der Waals surface area contributed by atoms with E-state index in [1.165, 1.54) is 17.4 Å². The maximum Gasteiger partial charge on any atom is 0.354 e. The largest absolute Gasteiger partial charge is 0.496 e. The van der Waals surface area contributed by atoms with E-state index in [2.05, 4.69) is 15.2 Å². The number of aromatic nitrogens is 2. The molecule has 5 N–H and O–H groups in total. The summed E-state index contributed by atoms with van der Waals surface area (Å²) in [5.74, 6) is 1.53. The SMILES string of the molecule is COc1cc(-n2ccc(NC(=O)N3CCN(C(=O)C(C)(C)N)CC3)nc2=O)ccc1CN(CC1CC1)[C@H]1CC[C@H](N)CC1.Cl. The van der Waals surface area contributed by atoms with Crippen molar-refractivity contribution in [3.05, 3.63) is 46.5 Å². The molecule has 242 valence electrons. The number of nitrogens with two attached hydrogens (primary N) is 2. The fourth-order valence-corrected chi connectivity index (χ4v) is 6.05. The summed E-state index contributed by atoms with van der Waals surface area (Å²) in [6, 6.07) is 7.88. The second-order valence-corrected chi connectivity index (χ2v) is 12.8. The number of ether oxygens (including phenoxy) is 1. The number of hydrogen-bond donors (Lipinski definition) is 3. The van der Waals surface area contributed by atoms with E-state index in [1.54, 1.807) is 43.0 Å². The van der Waals surface area contributed by atoms with E-state index in [1.807, 2.05) is 18.2 Å².